The average molecular weight is 334 g/mol. The van der Waals surface area contributed by atoms with E-state index in [9.17, 15) is 22.8 Å². The number of piperidine rings is 1. The van der Waals surface area contributed by atoms with Crippen molar-refractivity contribution in [2.75, 3.05) is 19.6 Å². The smallest absolute Gasteiger partial charge is 0.356 e. The number of amides is 2. The van der Waals surface area contributed by atoms with Crippen molar-refractivity contribution in [3.8, 4) is 0 Å². The highest BCUT2D eigenvalue weighted by Crippen LogP contribution is 2.26. The predicted molar refractivity (Wildman–Crippen MR) is 79.6 cm³/mol. The molecule has 1 saturated heterocycles. The largest absolute Gasteiger partial charge is 0.471 e. The molecule has 0 bridgehead atoms. The van der Waals surface area contributed by atoms with Crippen LogP contribution in [-0.2, 0) is 9.59 Å². The van der Waals surface area contributed by atoms with E-state index in [1.54, 1.807) is 0 Å². The molecule has 0 spiro atoms. The van der Waals surface area contributed by atoms with Gasteiger partial charge in [-0.2, -0.15) is 13.2 Å². The molecule has 2 amide bonds. The molecule has 7 heteroatoms. The summed E-state index contributed by atoms with van der Waals surface area (Å²) in [6.45, 7) is 0.725. The Balaban J connectivity index is 1.64. The van der Waals surface area contributed by atoms with E-state index < -0.39 is 12.1 Å². The van der Waals surface area contributed by atoms with Gasteiger partial charge in [-0.15, -0.1) is 0 Å². The van der Waals surface area contributed by atoms with Crippen LogP contribution in [0.1, 0.15) is 51.4 Å². The number of likely N-dealkylation sites (tertiary alicyclic amines) is 1. The summed E-state index contributed by atoms with van der Waals surface area (Å²) in [5.41, 5.74) is 0. The van der Waals surface area contributed by atoms with E-state index in [0.717, 1.165) is 17.7 Å². The van der Waals surface area contributed by atoms with E-state index >= 15 is 0 Å². The van der Waals surface area contributed by atoms with Gasteiger partial charge in [0, 0.05) is 26.1 Å². The second-order valence-corrected chi connectivity index (χ2v) is 6.75. The van der Waals surface area contributed by atoms with Gasteiger partial charge in [-0.25, -0.2) is 0 Å². The Morgan fingerprint density at radius 3 is 2.13 bits per heavy atom. The first kappa shape index (κ1) is 18.1. The lowest BCUT2D eigenvalue weighted by Crippen LogP contribution is -2.46. The van der Waals surface area contributed by atoms with Crippen LogP contribution in [0.25, 0.3) is 0 Å². The lowest BCUT2D eigenvalue weighted by atomic mass is 9.87. The summed E-state index contributed by atoms with van der Waals surface area (Å²) in [5, 5.41) is 2.91. The molecule has 2 aliphatic rings. The molecule has 1 saturated carbocycles. The Kier molecular flexibility index (Phi) is 6.30. The zero-order valence-electron chi connectivity index (χ0n) is 13.3. The number of halogens is 3. The van der Waals surface area contributed by atoms with E-state index in [2.05, 4.69) is 5.32 Å². The van der Waals surface area contributed by atoms with E-state index in [1.807, 2.05) is 0 Å². The van der Waals surface area contributed by atoms with E-state index in [0.29, 0.717) is 31.7 Å². The topological polar surface area (TPSA) is 49.4 Å². The summed E-state index contributed by atoms with van der Waals surface area (Å²) < 4.78 is 37.1. The molecule has 0 atom stereocenters. The van der Waals surface area contributed by atoms with Crippen LogP contribution < -0.4 is 5.32 Å². The third-order valence-electron chi connectivity index (χ3n) is 4.93. The van der Waals surface area contributed by atoms with Gasteiger partial charge in [0.05, 0.1) is 0 Å². The Hall–Kier alpha value is -1.27. The first-order valence-electron chi connectivity index (χ1n) is 8.49. The highest BCUT2D eigenvalue weighted by Gasteiger charge is 2.43. The summed E-state index contributed by atoms with van der Waals surface area (Å²) in [4.78, 5) is 23.9. The molecule has 4 nitrogen and oxygen atoms in total. The quantitative estimate of drug-likeness (QED) is 0.859. The minimum Gasteiger partial charge on any atom is -0.356 e. The molecule has 23 heavy (non-hydrogen) atoms. The number of alkyl halides is 3. The first-order chi connectivity index (χ1) is 10.9. The molecule has 2 rings (SSSR count). The molecule has 1 aliphatic carbocycles. The Labute approximate surface area is 134 Å². The molecule has 0 aromatic heterocycles. The van der Waals surface area contributed by atoms with Crippen LogP contribution in [0.15, 0.2) is 0 Å². The van der Waals surface area contributed by atoms with Crippen molar-refractivity contribution < 1.29 is 22.8 Å². The number of carbonyl (C=O) groups excluding carboxylic acids is 2. The van der Waals surface area contributed by atoms with Gasteiger partial charge in [0.1, 0.15) is 0 Å². The normalized spacial score (nSPS) is 21.3. The molecule has 132 valence electrons. The first-order valence-corrected chi connectivity index (χ1v) is 8.49. The monoisotopic (exact) mass is 334 g/mol. The van der Waals surface area contributed by atoms with Crippen LogP contribution in [0.2, 0.25) is 0 Å². The van der Waals surface area contributed by atoms with Gasteiger partial charge in [0.15, 0.2) is 0 Å². The van der Waals surface area contributed by atoms with Crippen molar-refractivity contribution in [3.05, 3.63) is 0 Å². The summed E-state index contributed by atoms with van der Waals surface area (Å²) in [6, 6.07) is 0. The highest BCUT2D eigenvalue weighted by molar-refractivity contribution is 5.81. The van der Waals surface area contributed by atoms with Gasteiger partial charge in [0.25, 0.3) is 0 Å². The van der Waals surface area contributed by atoms with Gasteiger partial charge in [-0.3, -0.25) is 9.59 Å². The van der Waals surface area contributed by atoms with Crippen LogP contribution in [0.3, 0.4) is 0 Å². The third kappa shape index (κ3) is 5.70. The number of carbonyl (C=O) groups is 2. The number of nitrogens with one attached hydrogen (secondary N) is 1. The van der Waals surface area contributed by atoms with Gasteiger partial charge < -0.3 is 10.2 Å². The molecular formula is C16H25F3N2O2. The van der Waals surface area contributed by atoms with E-state index in [-0.39, 0.29) is 24.9 Å². The van der Waals surface area contributed by atoms with Crippen LogP contribution in [0, 0.1) is 11.8 Å². The maximum atomic E-state index is 12.4. The Morgan fingerprint density at radius 2 is 1.57 bits per heavy atom. The molecule has 2 fully saturated rings. The van der Waals surface area contributed by atoms with Crippen LogP contribution in [-0.4, -0.2) is 42.5 Å². The van der Waals surface area contributed by atoms with Crippen LogP contribution in [0.4, 0.5) is 13.2 Å². The molecule has 0 aromatic rings. The van der Waals surface area contributed by atoms with Crippen LogP contribution >= 0.6 is 0 Å². The predicted octanol–water partition coefficient (Wildman–Crippen LogP) is 2.87. The summed E-state index contributed by atoms with van der Waals surface area (Å²) in [5.74, 6) is -1.07. The van der Waals surface area contributed by atoms with Crippen molar-refractivity contribution in [3.63, 3.8) is 0 Å². The fourth-order valence-corrected chi connectivity index (χ4v) is 3.50. The second-order valence-electron chi connectivity index (χ2n) is 6.75. The zero-order valence-corrected chi connectivity index (χ0v) is 13.3. The number of hydrogen-bond donors (Lipinski definition) is 1. The SMILES string of the molecule is O=C(CC1CCCCC1)NCC1CCN(C(=O)C(F)(F)F)CC1. The van der Waals surface area contributed by atoms with Gasteiger partial charge in [0.2, 0.25) is 5.91 Å². The summed E-state index contributed by atoms with van der Waals surface area (Å²) in [6.07, 6.45) is 2.67. The number of hydrogen-bond acceptors (Lipinski definition) is 2. The third-order valence-corrected chi connectivity index (χ3v) is 4.93. The average Bonchev–Trinajstić information content (AvgIpc) is 2.53. The van der Waals surface area contributed by atoms with Crippen LogP contribution in [0.5, 0.6) is 0 Å². The molecule has 1 aliphatic heterocycles. The maximum Gasteiger partial charge on any atom is 0.471 e. The van der Waals surface area contributed by atoms with Crippen molar-refractivity contribution >= 4 is 11.8 Å². The van der Waals surface area contributed by atoms with Crippen molar-refractivity contribution in [1.29, 1.82) is 0 Å². The van der Waals surface area contributed by atoms with E-state index in [4.69, 9.17) is 0 Å². The Bertz CT molecular complexity index is 412. The lowest BCUT2D eigenvalue weighted by molar-refractivity contribution is -0.186. The van der Waals surface area contributed by atoms with Crippen molar-refractivity contribution in [2.24, 2.45) is 11.8 Å². The summed E-state index contributed by atoms with van der Waals surface area (Å²) >= 11 is 0. The molecule has 0 unspecified atom stereocenters. The minimum atomic E-state index is -4.79. The molecule has 1 heterocycles. The van der Waals surface area contributed by atoms with Gasteiger partial charge >= 0.3 is 12.1 Å². The fourth-order valence-electron chi connectivity index (χ4n) is 3.50. The molecule has 0 radical (unpaired) electrons. The highest BCUT2D eigenvalue weighted by atomic mass is 19.4. The van der Waals surface area contributed by atoms with Gasteiger partial charge in [-0.05, 0) is 37.5 Å². The standard InChI is InChI=1S/C16H25F3N2O2/c17-16(18,19)15(23)21-8-6-13(7-9-21)11-20-14(22)10-12-4-2-1-3-5-12/h12-13H,1-11H2,(H,20,22). The van der Waals surface area contributed by atoms with E-state index in [1.165, 1.54) is 19.3 Å². The zero-order chi connectivity index (χ0) is 16.9. The minimum absolute atomic E-state index is 0.0469. The Morgan fingerprint density at radius 1 is 0.957 bits per heavy atom. The molecule has 1 N–H and O–H groups in total. The molecule has 0 aromatic carbocycles. The van der Waals surface area contributed by atoms with Gasteiger partial charge in [-0.1, -0.05) is 19.3 Å². The fraction of sp³-hybridized carbons (Fsp3) is 0.875. The van der Waals surface area contributed by atoms with Crippen molar-refractivity contribution in [2.45, 2.75) is 57.5 Å². The lowest BCUT2D eigenvalue weighted by Gasteiger charge is -2.32. The molecular weight excluding hydrogens is 309 g/mol. The van der Waals surface area contributed by atoms with Crippen molar-refractivity contribution in [1.82, 2.24) is 10.2 Å². The number of nitrogens with zero attached hydrogens (tertiary/aromatic N) is 1. The summed E-state index contributed by atoms with van der Waals surface area (Å²) in [7, 11) is 0. The maximum absolute atomic E-state index is 12.4. The second kappa shape index (κ2) is 8.02. The number of rotatable bonds is 4.